The Labute approximate surface area is 165 Å². The summed E-state index contributed by atoms with van der Waals surface area (Å²) in [7, 11) is 0. The van der Waals surface area contributed by atoms with Gasteiger partial charge in [-0.3, -0.25) is 4.79 Å². The predicted octanol–water partition coefficient (Wildman–Crippen LogP) is 3.87. The van der Waals surface area contributed by atoms with Gasteiger partial charge in [-0.1, -0.05) is 18.0 Å². The number of hydrogen-bond donors (Lipinski definition) is 2. The van der Waals surface area contributed by atoms with Crippen molar-refractivity contribution in [2.75, 3.05) is 5.73 Å². The molecule has 4 N–H and O–H groups in total. The van der Waals surface area contributed by atoms with Gasteiger partial charge in [0.1, 0.15) is 23.0 Å². The minimum absolute atomic E-state index is 0.0879. The number of halogens is 1. The summed E-state index contributed by atoms with van der Waals surface area (Å²) in [6, 6.07) is 4.73. The van der Waals surface area contributed by atoms with Crippen LogP contribution in [0.25, 0.3) is 10.2 Å². The number of aromatic nitrogens is 2. The first-order valence-corrected chi connectivity index (χ1v) is 10.0. The summed E-state index contributed by atoms with van der Waals surface area (Å²) in [6.45, 7) is 0.0879. The Kier molecular flexibility index (Phi) is 4.88. The van der Waals surface area contributed by atoms with Gasteiger partial charge in [0.15, 0.2) is 5.82 Å². The van der Waals surface area contributed by atoms with Crippen molar-refractivity contribution >= 4 is 44.9 Å². The zero-order chi connectivity index (χ0) is 19.0. The summed E-state index contributed by atoms with van der Waals surface area (Å²) in [5.74, 6) is 0.701. The molecule has 2 heterocycles. The number of carbonyl (C=O) groups excluding carboxylic acids is 1. The average Bonchev–Trinajstić information content (AvgIpc) is 2.82. The number of rotatable bonds is 4. The van der Waals surface area contributed by atoms with Gasteiger partial charge in [-0.15, -0.1) is 11.3 Å². The molecule has 4 rings (SSSR count). The molecule has 140 valence electrons. The van der Waals surface area contributed by atoms with Crippen LogP contribution in [0.3, 0.4) is 0 Å². The molecule has 1 aromatic carbocycles. The van der Waals surface area contributed by atoms with E-state index in [4.69, 9.17) is 27.8 Å². The molecule has 3 aromatic rings. The number of thiophene rings is 1. The summed E-state index contributed by atoms with van der Waals surface area (Å²) >= 11 is 7.62. The SMILES string of the molecule is NC(=O)c1cc(Cl)ccc1OCc1nc(N)c2c3c(sc2n1)CCCCC3. The summed E-state index contributed by atoms with van der Waals surface area (Å²) < 4.78 is 5.73. The van der Waals surface area contributed by atoms with E-state index in [0.717, 1.165) is 23.1 Å². The van der Waals surface area contributed by atoms with E-state index < -0.39 is 5.91 Å². The third kappa shape index (κ3) is 3.57. The number of nitrogen functional groups attached to an aromatic ring is 1. The number of ether oxygens (including phenoxy) is 1. The molecule has 0 spiro atoms. The maximum atomic E-state index is 11.6. The highest BCUT2D eigenvalue weighted by molar-refractivity contribution is 7.19. The molecule has 0 saturated heterocycles. The quantitative estimate of drug-likeness (QED) is 0.644. The second-order valence-corrected chi connectivity index (χ2v) is 8.08. The molecule has 6 nitrogen and oxygen atoms in total. The number of primary amides is 1. The highest BCUT2D eigenvalue weighted by Crippen LogP contribution is 2.37. The standard InChI is InChI=1S/C19H19ClN4O2S/c20-10-6-7-13(12(8-10)18(22)25)26-9-15-23-17(21)16-11-4-2-1-3-5-14(11)27-19(16)24-15/h6-8H,1-5,9H2,(H2,22,25)(H2,21,23,24). The molecular weight excluding hydrogens is 384 g/mol. The minimum atomic E-state index is -0.606. The van der Waals surface area contributed by atoms with Crippen LogP contribution in [0.5, 0.6) is 5.75 Å². The van der Waals surface area contributed by atoms with Crippen LogP contribution in [-0.2, 0) is 19.4 Å². The summed E-state index contributed by atoms with van der Waals surface area (Å²) in [4.78, 5) is 22.9. The van der Waals surface area contributed by atoms with E-state index in [1.807, 2.05) is 0 Å². The topological polar surface area (TPSA) is 104 Å². The molecule has 0 aliphatic heterocycles. The van der Waals surface area contributed by atoms with Crippen LogP contribution >= 0.6 is 22.9 Å². The summed E-state index contributed by atoms with van der Waals surface area (Å²) in [6.07, 6.45) is 5.74. The third-order valence-electron chi connectivity index (χ3n) is 4.70. The fourth-order valence-corrected chi connectivity index (χ4v) is 4.90. The molecule has 0 radical (unpaired) electrons. The van der Waals surface area contributed by atoms with Gasteiger partial charge in [-0.05, 0) is 49.4 Å². The fraction of sp³-hybridized carbons (Fsp3) is 0.316. The van der Waals surface area contributed by atoms with Crippen molar-refractivity contribution in [2.45, 2.75) is 38.7 Å². The smallest absolute Gasteiger partial charge is 0.252 e. The first-order chi connectivity index (χ1) is 13.0. The Morgan fingerprint density at radius 1 is 1.22 bits per heavy atom. The lowest BCUT2D eigenvalue weighted by Crippen LogP contribution is -2.13. The molecule has 1 aliphatic rings. The van der Waals surface area contributed by atoms with Crippen LogP contribution in [0.15, 0.2) is 18.2 Å². The zero-order valence-electron chi connectivity index (χ0n) is 14.6. The van der Waals surface area contributed by atoms with Crippen LogP contribution < -0.4 is 16.2 Å². The van der Waals surface area contributed by atoms with Crippen LogP contribution in [0.1, 0.15) is 45.9 Å². The van der Waals surface area contributed by atoms with Crippen LogP contribution in [-0.4, -0.2) is 15.9 Å². The maximum Gasteiger partial charge on any atom is 0.252 e. The van der Waals surface area contributed by atoms with Gasteiger partial charge in [-0.25, -0.2) is 9.97 Å². The number of benzene rings is 1. The van der Waals surface area contributed by atoms with E-state index >= 15 is 0 Å². The fourth-order valence-electron chi connectivity index (χ4n) is 3.44. The molecule has 0 unspecified atom stereocenters. The highest BCUT2D eigenvalue weighted by Gasteiger charge is 2.19. The van der Waals surface area contributed by atoms with Gasteiger partial charge >= 0.3 is 0 Å². The number of nitrogens with two attached hydrogens (primary N) is 2. The lowest BCUT2D eigenvalue weighted by atomic mass is 10.1. The van der Waals surface area contributed by atoms with Gasteiger partial charge in [0, 0.05) is 9.90 Å². The van der Waals surface area contributed by atoms with E-state index in [0.29, 0.717) is 22.4 Å². The van der Waals surface area contributed by atoms with Crippen molar-refractivity contribution < 1.29 is 9.53 Å². The Morgan fingerprint density at radius 2 is 2.04 bits per heavy atom. The van der Waals surface area contributed by atoms with Crippen molar-refractivity contribution in [1.29, 1.82) is 0 Å². The van der Waals surface area contributed by atoms with Gasteiger partial charge in [0.05, 0.1) is 10.9 Å². The van der Waals surface area contributed by atoms with Crippen LogP contribution in [0.2, 0.25) is 5.02 Å². The van der Waals surface area contributed by atoms with Crippen molar-refractivity contribution in [3.63, 3.8) is 0 Å². The molecule has 8 heteroatoms. The first kappa shape index (κ1) is 18.0. The van der Waals surface area contributed by atoms with Crippen molar-refractivity contribution in [1.82, 2.24) is 9.97 Å². The zero-order valence-corrected chi connectivity index (χ0v) is 16.2. The van der Waals surface area contributed by atoms with Gasteiger partial charge in [0.2, 0.25) is 0 Å². The van der Waals surface area contributed by atoms with E-state index in [1.165, 1.54) is 35.8 Å². The molecule has 0 fully saturated rings. The molecule has 1 aliphatic carbocycles. The van der Waals surface area contributed by atoms with Crippen LogP contribution in [0, 0.1) is 0 Å². The normalized spacial score (nSPS) is 14.0. The number of aryl methyl sites for hydroxylation is 2. The number of fused-ring (bicyclic) bond motifs is 3. The second kappa shape index (κ2) is 7.32. The maximum absolute atomic E-state index is 11.6. The molecular formula is C19H19ClN4O2S. The number of carbonyl (C=O) groups is 1. The Balaban J connectivity index is 1.63. The monoisotopic (exact) mass is 402 g/mol. The van der Waals surface area contributed by atoms with Crippen molar-refractivity contribution in [2.24, 2.45) is 5.73 Å². The Morgan fingerprint density at radius 3 is 2.85 bits per heavy atom. The summed E-state index contributed by atoms with van der Waals surface area (Å²) in [5, 5.41) is 1.41. The first-order valence-electron chi connectivity index (χ1n) is 8.81. The van der Waals surface area contributed by atoms with E-state index in [2.05, 4.69) is 9.97 Å². The molecule has 1 amide bonds. The Hall–Kier alpha value is -2.38. The van der Waals surface area contributed by atoms with E-state index in [9.17, 15) is 4.79 Å². The predicted molar refractivity (Wildman–Crippen MR) is 107 cm³/mol. The molecule has 0 atom stereocenters. The number of amides is 1. The lowest BCUT2D eigenvalue weighted by molar-refractivity contribution is 0.0995. The summed E-state index contributed by atoms with van der Waals surface area (Å²) in [5.41, 5.74) is 13.2. The van der Waals surface area contributed by atoms with Crippen molar-refractivity contribution in [3.8, 4) is 5.75 Å². The largest absolute Gasteiger partial charge is 0.485 e. The minimum Gasteiger partial charge on any atom is -0.485 e. The van der Waals surface area contributed by atoms with Gasteiger partial charge in [0.25, 0.3) is 5.91 Å². The van der Waals surface area contributed by atoms with E-state index in [1.54, 1.807) is 23.5 Å². The molecule has 0 bridgehead atoms. The molecule has 2 aromatic heterocycles. The molecule has 27 heavy (non-hydrogen) atoms. The second-order valence-electron chi connectivity index (χ2n) is 6.56. The Bertz CT molecular complexity index is 1030. The average molecular weight is 403 g/mol. The number of nitrogens with zero attached hydrogens (tertiary/aromatic N) is 2. The number of hydrogen-bond acceptors (Lipinski definition) is 6. The molecule has 0 saturated carbocycles. The van der Waals surface area contributed by atoms with Gasteiger partial charge in [-0.2, -0.15) is 0 Å². The third-order valence-corrected chi connectivity index (χ3v) is 6.12. The van der Waals surface area contributed by atoms with E-state index in [-0.39, 0.29) is 12.2 Å². The highest BCUT2D eigenvalue weighted by atomic mass is 35.5. The van der Waals surface area contributed by atoms with Crippen molar-refractivity contribution in [3.05, 3.63) is 45.1 Å². The number of anilines is 1. The van der Waals surface area contributed by atoms with Gasteiger partial charge < -0.3 is 16.2 Å². The van der Waals surface area contributed by atoms with Crippen LogP contribution in [0.4, 0.5) is 5.82 Å². The lowest BCUT2D eigenvalue weighted by Gasteiger charge is -2.10.